The number of benzene rings is 2. The maximum Gasteiger partial charge on any atom is 0.270 e. The number of amides is 2. The van der Waals surface area contributed by atoms with Crippen LogP contribution in [0.4, 0.5) is 5.69 Å². The number of anilines is 1. The number of para-hydroxylation sites is 1. The van der Waals surface area contributed by atoms with E-state index in [9.17, 15) is 9.59 Å². The van der Waals surface area contributed by atoms with Gasteiger partial charge >= 0.3 is 0 Å². The number of hydrazone groups is 1. The first kappa shape index (κ1) is 19.4. The summed E-state index contributed by atoms with van der Waals surface area (Å²) in [4.78, 5) is 27.4. The van der Waals surface area contributed by atoms with Crippen LogP contribution in [-0.4, -0.2) is 35.5 Å². The van der Waals surface area contributed by atoms with Gasteiger partial charge < -0.3 is 4.90 Å². The van der Waals surface area contributed by atoms with Gasteiger partial charge in [-0.15, -0.1) is 0 Å². The summed E-state index contributed by atoms with van der Waals surface area (Å²) in [5, 5.41) is 5.88. The smallest absolute Gasteiger partial charge is 0.270 e. The van der Waals surface area contributed by atoms with E-state index in [0.717, 1.165) is 43.6 Å². The third-order valence-electron chi connectivity index (χ3n) is 5.89. The van der Waals surface area contributed by atoms with Crippen molar-refractivity contribution in [3.8, 4) is 0 Å². The van der Waals surface area contributed by atoms with E-state index in [1.807, 2.05) is 42.2 Å². The normalized spacial score (nSPS) is 18.0. The van der Waals surface area contributed by atoms with Crippen LogP contribution in [0.3, 0.4) is 0 Å². The van der Waals surface area contributed by atoms with Crippen molar-refractivity contribution in [1.29, 1.82) is 0 Å². The summed E-state index contributed by atoms with van der Waals surface area (Å²) in [6.07, 6.45) is 3.83. The lowest BCUT2D eigenvalue weighted by Gasteiger charge is -2.33. The maximum absolute atomic E-state index is 13.0. The number of carbonyl (C=O) groups is 2. The largest absolute Gasteiger partial charge is 0.338 e. The van der Waals surface area contributed by atoms with E-state index in [1.54, 1.807) is 0 Å². The third-order valence-corrected chi connectivity index (χ3v) is 5.89. The van der Waals surface area contributed by atoms with Crippen molar-refractivity contribution in [2.75, 3.05) is 18.1 Å². The predicted octanol–water partition coefficient (Wildman–Crippen LogP) is 3.96. The molecule has 5 heteroatoms. The summed E-state index contributed by atoms with van der Waals surface area (Å²) >= 11 is 0. The van der Waals surface area contributed by atoms with Crippen LogP contribution < -0.4 is 5.01 Å². The lowest BCUT2D eigenvalue weighted by atomic mass is 9.90. The summed E-state index contributed by atoms with van der Waals surface area (Å²) < 4.78 is 0. The molecule has 29 heavy (non-hydrogen) atoms. The van der Waals surface area contributed by atoms with Crippen LogP contribution in [0.5, 0.6) is 0 Å². The van der Waals surface area contributed by atoms with Gasteiger partial charge in [-0.1, -0.05) is 48.5 Å². The molecule has 0 bridgehead atoms. The van der Waals surface area contributed by atoms with Crippen LogP contribution in [0.1, 0.15) is 36.8 Å². The van der Waals surface area contributed by atoms with Gasteiger partial charge in [0.2, 0.25) is 5.91 Å². The second kappa shape index (κ2) is 8.60. The van der Waals surface area contributed by atoms with Crippen LogP contribution >= 0.6 is 0 Å². The Labute approximate surface area is 172 Å². The molecule has 0 unspecified atom stereocenters. The zero-order chi connectivity index (χ0) is 20.2. The van der Waals surface area contributed by atoms with E-state index >= 15 is 0 Å². The first-order valence-electron chi connectivity index (χ1n) is 10.4. The SMILES string of the molecule is Cc1ccccc1N1N=C(C(=O)N2CCC(Cc3ccccc3)CC2)CCC1=O. The number of aryl methyl sites for hydroxylation is 1. The fourth-order valence-corrected chi connectivity index (χ4v) is 4.17. The molecule has 2 aromatic carbocycles. The summed E-state index contributed by atoms with van der Waals surface area (Å²) in [6.45, 7) is 3.47. The quantitative estimate of drug-likeness (QED) is 0.795. The Morgan fingerprint density at radius 1 is 1.00 bits per heavy atom. The highest BCUT2D eigenvalue weighted by molar-refractivity contribution is 6.40. The minimum Gasteiger partial charge on any atom is -0.338 e. The fourth-order valence-electron chi connectivity index (χ4n) is 4.17. The minimum absolute atomic E-state index is 0.0192. The number of piperidine rings is 1. The van der Waals surface area contributed by atoms with Gasteiger partial charge in [0.15, 0.2) is 0 Å². The summed E-state index contributed by atoms with van der Waals surface area (Å²) in [5.74, 6) is 0.534. The summed E-state index contributed by atoms with van der Waals surface area (Å²) in [7, 11) is 0. The molecule has 1 fully saturated rings. The van der Waals surface area contributed by atoms with Crippen molar-refractivity contribution in [2.45, 2.75) is 39.0 Å². The Morgan fingerprint density at radius 3 is 2.41 bits per heavy atom. The molecular formula is C24H27N3O2. The van der Waals surface area contributed by atoms with Crippen molar-refractivity contribution < 1.29 is 9.59 Å². The summed E-state index contributed by atoms with van der Waals surface area (Å²) in [5.41, 5.74) is 3.58. The van der Waals surface area contributed by atoms with E-state index in [-0.39, 0.29) is 11.8 Å². The highest BCUT2D eigenvalue weighted by atomic mass is 16.2. The zero-order valence-corrected chi connectivity index (χ0v) is 16.9. The van der Waals surface area contributed by atoms with Crippen LogP contribution in [0.2, 0.25) is 0 Å². The molecule has 1 saturated heterocycles. The molecular weight excluding hydrogens is 362 g/mol. The van der Waals surface area contributed by atoms with Gasteiger partial charge in [0, 0.05) is 25.9 Å². The Bertz CT molecular complexity index is 915. The summed E-state index contributed by atoms with van der Waals surface area (Å²) in [6, 6.07) is 18.2. The van der Waals surface area contributed by atoms with Crippen molar-refractivity contribution in [3.05, 3.63) is 65.7 Å². The fraction of sp³-hybridized carbons (Fsp3) is 0.375. The molecule has 0 radical (unpaired) electrons. The maximum atomic E-state index is 13.0. The third kappa shape index (κ3) is 4.39. The van der Waals surface area contributed by atoms with Crippen molar-refractivity contribution in [2.24, 2.45) is 11.0 Å². The average molecular weight is 389 g/mol. The Kier molecular flexibility index (Phi) is 5.74. The first-order chi connectivity index (χ1) is 14.1. The molecule has 0 saturated carbocycles. The number of carbonyl (C=O) groups excluding carboxylic acids is 2. The first-order valence-corrected chi connectivity index (χ1v) is 10.4. The highest BCUT2D eigenvalue weighted by Crippen LogP contribution is 2.26. The molecule has 150 valence electrons. The molecule has 2 aliphatic rings. The molecule has 0 N–H and O–H groups in total. The second-order valence-electron chi connectivity index (χ2n) is 7.96. The van der Waals surface area contributed by atoms with Gasteiger partial charge in [-0.2, -0.15) is 5.10 Å². The highest BCUT2D eigenvalue weighted by Gasteiger charge is 2.30. The van der Waals surface area contributed by atoms with E-state index in [2.05, 4.69) is 29.4 Å². The van der Waals surface area contributed by atoms with E-state index < -0.39 is 0 Å². The average Bonchev–Trinajstić information content (AvgIpc) is 2.75. The number of hydrogen-bond donors (Lipinski definition) is 0. The van der Waals surface area contributed by atoms with Gasteiger partial charge in [0.25, 0.3) is 5.91 Å². The van der Waals surface area contributed by atoms with Crippen LogP contribution in [-0.2, 0) is 16.0 Å². The molecule has 2 aliphatic heterocycles. The van der Waals surface area contributed by atoms with E-state index in [4.69, 9.17) is 0 Å². The standard InChI is InChI=1S/C24H27N3O2/c1-18-7-5-6-10-22(18)27-23(28)12-11-21(25-27)24(29)26-15-13-20(14-16-26)17-19-8-3-2-4-9-19/h2-10,20H,11-17H2,1H3. The van der Waals surface area contributed by atoms with Crippen LogP contribution in [0.15, 0.2) is 59.7 Å². The second-order valence-corrected chi connectivity index (χ2v) is 7.96. The Morgan fingerprint density at radius 2 is 1.69 bits per heavy atom. The lowest BCUT2D eigenvalue weighted by Crippen LogP contribution is -2.45. The lowest BCUT2D eigenvalue weighted by molar-refractivity contribution is -0.125. The molecule has 2 amide bonds. The van der Waals surface area contributed by atoms with Crippen LogP contribution in [0, 0.1) is 12.8 Å². The van der Waals surface area contributed by atoms with Crippen LogP contribution in [0.25, 0.3) is 0 Å². The molecule has 0 aromatic heterocycles. The molecule has 5 nitrogen and oxygen atoms in total. The monoisotopic (exact) mass is 389 g/mol. The van der Waals surface area contributed by atoms with Crippen molar-refractivity contribution >= 4 is 23.2 Å². The number of hydrogen-bond acceptors (Lipinski definition) is 3. The number of likely N-dealkylation sites (tertiary alicyclic amines) is 1. The van der Waals surface area contributed by atoms with Crippen molar-refractivity contribution in [3.63, 3.8) is 0 Å². The van der Waals surface area contributed by atoms with Gasteiger partial charge in [-0.25, -0.2) is 5.01 Å². The van der Waals surface area contributed by atoms with Gasteiger partial charge in [-0.05, 0) is 49.3 Å². The van der Waals surface area contributed by atoms with Gasteiger partial charge in [-0.3, -0.25) is 9.59 Å². The molecule has 2 heterocycles. The number of rotatable bonds is 4. The molecule has 2 aromatic rings. The predicted molar refractivity (Wildman–Crippen MR) is 115 cm³/mol. The minimum atomic E-state index is -0.0579. The van der Waals surface area contributed by atoms with E-state index in [1.165, 1.54) is 10.6 Å². The van der Waals surface area contributed by atoms with E-state index in [0.29, 0.717) is 24.5 Å². The van der Waals surface area contributed by atoms with Crippen molar-refractivity contribution in [1.82, 2.24) is 4.90 Å². The van der Waals surface area contributed by atoms with Gasteiger partial charge in [0.05, 0.1) is 5.69 Å². The number of nitrogens with zero attached hydrogens (tertiary/aromatic N) is 3. The Hall–Kier alpha value is -2.95. The topological polar surface area (TPSA) is 53.0 Å². The zero-order valence-electron chi connectivity index (χ0n) is 16.9. The molecule has 0 atom stereocenters. The Balaban J connectivity index is 1.41. The van der Waals surface area contributed by atoms with Gasteiger partial charge in [0.1, 0.15) is 5.71 Å². The molecule has 0 aliphatic carbocycles. The molecule has 0 spiro atoms. The molecule has 4 rings (SSSR count).